The molecular weight excluding hydrogens is 262 g/mol. The SMILES string of the molecule is Clc1c(OC2CCCCC2)cnn1-c1ccccn1. The van der Waals surface area contributed by atoms with Crippen LogP contribution in [0, 0.1) is 0 Å². The molecule has 0 atom stereocenters. The van der Waals surface area contributed by atoms with Gasteiger partial charge >= 0.3 is 0 Å². The number of aromatic nitrogens is 3. The van der Waals surface area contributed by atoms with Gasteiger partial charge in [0.25, 0.3) is 0 Å². The first kappa shape index (κ1) is 12.5. The summed E-state index contributed by atoms with van der Waals surface area (Å²) in [6.07, 6.45) is 9.64. The van der Waals surface area contributed by atoms with Crippen LogP contribution in [0.2, 0.25) is 5.15 Å². The van der Waals surface area contributed by atoms with Gasteiger partial charge in [-0.2, -0.15) is 9.78 Å². The van der Waals surface area contributed by atoms with Gasteiger partial charge in [0.2, 0.25) is 0 Å². The van der Waals surface area contributed by atoms with E-state index in [0.29, 0.717) is 16.7 Å². The third-order valence-corrected chi connectivity index (χ3v) is 3.74. The summed E-state index contributed by atoms with van der Waals surface area (Å²) in [7, 11) is 0. The third-order valence-electron chi connectivity index (χ3n) is 3.39. The molecule has 0 unspecified atom stereocenters. The number of hydrogen-bond donors (Lipinski definition) is 0. The zero-order valence-corrected chi connectivity index (χ0v) is 11.4. The molecule has 2 heterocycles. The highest BCUT2D eigenvalue weighted by Crippen LogP contribution is 2.30. The van der Waals surface area contributed by atoms with Gasteiger partial charge in [-0.15, -0.1) is 0 Å². The van der Waals surface area contributed by atoms with Gasteiger partial charge in [0.05, 0.1) is 12.3 Å². The fourth-order valence-electron chi connectivity index (χ4n) is 2.40. The maximum Gasteiger partial charge on any atom is 0.177 e. The van der Waals surface area contributed by atoms with E-state index in [9.17, 15) is 0 Å². The Hall–Kier alpha value is -1.55. The molecule has 5 heteroatoms. The van der Waals surface area contributed by atoms with Gasteiger partial charge < -0.3 is 4.74 Å². The van der Waals surface area contributed by atoms with E-state index in [1.165, 1.54) is 19.3 Å². The maximum absolute atomic E-state index is 6.31. The Morgan fingerprint density at radius 1 is 1.21 bits per heavy atom. The molecule has 3 rings (SSSR count). The van der Waals surface area contributed by atoms with E-state index < -0.39 is 0 Å². The van der Waals surface area contributed by atoms with Gasteiger partial charge in [-0.1, -0.05) is 24.1 Å². The molecule has 0 aliphatic heterocycles. The molecule has 0 aromatic carbocycles. The summed E-state index contributed by atoms with van der Waals surface area (Å²) in [5, 5.41) is 4.74. The molecule has 0 spiro atoms. The van der Waals surface area contributed by atoms with Crippen molar-refractivity contribution in [2.24, 2.45) is 0 Å². The lowest BCUT2D eigenvalue weighted by Crippen LogP contribution is -2.19. The molecule has 0 amide bonds. The van der Waals surface area contributed by atoms with Gasteiger partial charge in [0, 0.05) is 6.20 Å². The monoisotopic (exact) mass is 277 g/mol. The van der Waals surface area contributed by atoms with Crippen LogP contribution in [0.3, 0.4) is 0 Å². The van der Waals surface area contributed by atoms with E-state index in [1.54, 1.807) is 17.1 Å². The lowest BCUT2D eigenvalue weighted by molar-refractivity contribution is 0.155. The summed E-state index contributed by atoms with van der Waals surface area (Å²) in [4.78, 5) is 4.23. The van der Waals surface area contributed by atoms with Crippen LogP contribution >= 0.6 is 11.6 Å². The smallest absolute Gasteiger partial charge is 0.177 e. The van der Waals surface area contributed by atoms with Crippen molar-refractivity contribution in [3.63, 3.8) is 0 Å². The van der Waals surface area contributed by atoms with E-state index in [-0.39, 0.29) is 6.10 Å². The molecule has 0 saturated heterocycles. The predicted octanol–water partition coefficient (Wildman–Crippen LogP) is 3.63. The number of nitrogens with zero attached hydrogens (tertiary/aromatic N) is 3. The Morgan fingerprint density at radius 2 is 2.05 bits per heavy atom. The Bertz CT molecular complexity index is 535. The van der Waals surface area contributed by atoms with Crippen molar-refractivity contribution < 1.29 is 4.74 Å². The first-order chi connectivity index (χ1) is 9.34. The highest BCUT2D eigenvalue weighted by Gasteiger charge is 2.19. The van der Waals surface area contributed by atoms with E-state index >= 15 is 0 Å². The zero-order valence-electron chi connectivity index (χ0n) is 10.6. The van der Waals surface area contributed by atoms with Gasteiger partial charge in [-0.05, 0) is 37.8 Å². The molecule has 1 saturated carbocycles. The second kappa shape index (κ2) is 5.61. The van der Waals surface area contributed by atoms with Crippen LogP contribution in [-0.4, -0.2) is 20.9 Å². The number of pyridine rings is 1. The number of hydrogen-bond acceptors (Lipinski definition) is 3. The predicted molar refractivity (Wildman–Crippen MR) is 73.9 cm³/mol. The molecule has 2 aromatic heterocycles. The summed E-state index contributed by atoms with van der Waals surface area (Å²) in [6.45, 7) is 0. The van der Waals surface area contributed by atoms with Crippen LogP contribution in [0.25, 0.3) is 5.82 Å². The number of ether oxygens (including phenoxy) is 1. The van der Waals surface area contributed by atoms with E-state index in [1.807, 2.05) is 18.2 Å². The molecule has 1 aliphatic carbocycles. The highest BCUT2D eigenvalue weighted by atomic mass is 35.5. The quantitative estimate of drug-likeness (QED) is 0.860. The van der Waals surface area contributed by atoms with Crippen LogP contribution in [0.4, 0.5) is 0 Å². The molecule has 0 bridgehead atoms. The zero-order chi connectivity index (χ0) is 13.1. The van der Waals surface area contributed by atoms with Crippen LogP contribution in [0.5, 0.6) is 5.75 Å². The molecule has 1 fully saturated rings. The van der Waals surface area contributed by atoms with E-state index in [4.69, 9.17) is 16.3 Å². The maximum atomic E-state index is 6.31. The summed E-state index contributed by atoms with van der Waals surface area (Å²) in [5.41, 5.74) is 0. The normalized spacial score (nSPS) is 16.5. The third kappa shape index (κ3) is 2.73. The average Bonchev–Trinajstić information content (AvgIpc) is 2.82. The Kier molecular flexibility index (Phi) is 3.69. The second-order valence-corrected chi connectivity index (χ2v) is 5.14. The topological polar surface area (TPSA) is 39.9 Å². The molecule has 2 aromatic rings. The van der Waals surface area contributed by atoms with E-state index in [0.717, 1.165) is 12.8 Å². The average molecular weight is 278 g/mol. The summed E-state index contributed by atoms with van der Waals surface area (Å²) < 4.78 is 7.54. The summed E-state index contributed by atoms with van der Waals surface area (Å²) >= 11 is 6.31. The Labute approximate surface area is 117 Å². The van der Waals surface area contributed by atoms with Crippen molar-refractivity contribution in [2.75, 3.05) is 0 Å². The fraction of sp³-hybridized carbons (Fsp3) is 0.429. The van der Waals surface area contributed by atoms with Gasteiger partial charge in [0.1, 0.15) is 0 Å². The number of rotatable bonds is 3. The molecule has 1 aliphatic rings. The lowest BCUT2D eigenvalue weighted by atomic mass is 9.98. The van der Waals surface area contributed by atoms with Crippen molar-refractivity contribution in [1.82, 2.24) is 14.8 Å². The molecule has 100 valence electrons. The number of halogens is 1. The van der Waals surface area contributed by atoms with Crippen LogP contribution in [0.1, 0.15) is 32.1 Å². The largest absolute Gasteiger partial charge is 0.485 e. The van der Waals surface area contributed by atoms with Gasteiger partial charge in [-0.25, -0.2) is 4.98 Å². The Balaban J connectivity index is 1.79. The van der Waals surface area contributed by atoms with Crippen LogP contribution in [-0.2, 0) is 0 Å². The first-order valence-corrected chi connectivity index (χ1v) is 7.04. The van der Waals surface area contributed by atoms with Gasteiger partial charge in [0.15, 0.2) is 16.7 Å². The molecule has 0 N–H and O–H groups in total. The van der Waals surface area contributed by atoms with Crippen molar-refractivity contribution in [1.29, 1.82) is 0 Å². The van der Waals surface area contributed by atoms with Crippen LogP contribution in [0.15, 0.2) is 30.6 Å². The Morgan fingerprint density at radius 3 is 2.79 bits per heavy atom. The standard InChI is InChI=1S/C14H16ClN3O/c15-14-12(19-11-6-2-1-3-7-11)10-17-18(14)13-8-4-5-9-16-13/h4-5,8-11H,1-3,6-7H2. The highest BCUT2D eigenvalue weighted by molar-refractivity contribution is 6.31. The summed E-state index contributed by atoms with van der Waals surface area (Å²) in [5.74, 6) is 1.35. The van der Waals surface area contributed by atoms with Crippen molar-refractivity contribution in [3.05, 3.63) is 35.7 Å². The first-order valence-electron chi connectivity index (χ1n) is 6.66. The lowest BCUT2D eigenvalue weighted by Gasteiger charge is -2.22. The minimum Gasteiger partial charge on any atom is -0.485 e. The molecule has 19 heavy (non-hydrogen) atoms. The van der Waals surface area contributed by atoms with Crippen molar-refractivity contribution in [2.45, 2.75) is 38.2 Å². The van der Waals surface area contributed by atoms with E-state index in [2.05, 4.69) is 10.1 Å². The minimum absolute atomic E-state index is 0.271. The second-order valence-electron chi connectivity index (χ2n) is 4.78. The van der Waals surface area contributed by atoms with Crippen molar-refractivity contribution >= 4 is 11.6 Å². The fourth-order valence-corrected chi connectivity index (χ4v) is 2.62. The van der Waals surface area contributed by atoms with Gasteiger partial charge in [-0.3, -0.25) is 0 Å². The molecular formula is C14H16ClN3O. The molecule has 0 radical (unpaired) electrons. The molecule has 4 nitrogen and oxygen atoms in total. The van der Waals surface area contributed by atoms with Crippen LogP contribution < -0.4 is 4.74 Å². The summed E-state index contributed by atoms with van der Waals surface area (Å²) in [6, 6.07) is 5.63. The van der Waals surface area contributed by atoms with Crippen molar-refractivity contribution in [3.8, 4) is 11.6 Å². The minimum atomic E-state index is 0.271.